The number of aromatic hydroxyl groups is 1. The second-order valence-electron chi connectivity index (χ2n) is 10.5. The lowest BCUT2D eigenvalue weighted by atomic mass is 9.60. The van der Waals surface area contributed by atoms with Crippen LogP contribution in [0.15, 0.2) is 59.7 Å². The van der Waals surface area contributed by atoms with Gasteiger partial charge in [-0.1, -0.05) is 50.3 Å². The molecule has 0 amide bonds. The van der Waals surface area contributed by atoms with Crippen LogP contribution in [0, 0.1) is 23.2 Å². The van der Waals surface area contributed by atoms with Crippen LogP contribution in [-0.4, -0.2) is 27.5 Å². The molecule has 0 spiro atoms. The van der Waals surface area contributed by atoms with E-state index in [1.165, 1.54) is 36.8 Å². The zero-order chi connectivity index (χ0) is 22.2. The minimum absolute atomic E-state index is 0.321. The first-order chi connectivity index (χ1) is 14.8. The molecule has 31 heavy (non-hydrogen) atoms. The van der Waals surface area contributed by atoms with Crippen LogP contribution in [0.2, 0.25) is 0 Å². The fourth-order valence-corrected chi connectivity index (χ4v) is 6.88. The summed E-state index contributed by atoms with van der Waals surface area (Å²) in [7, 11) is 0. The lowest BCUT2D eigenvalue weighted by molar-refractivity contribution is 0.0861. The van der Waals surface area contributed by atoms with Crippen molar-refractivity contribution in [3.05, 3.63) is 65.3 Å². The first-order valence-electron chi connectivity index (χ1n) is 12.0. The zero-order valence-corrected chi connectivity index (χ0v) is 19.1. The van der Waals surface area contributed by atoms with Crippen LogP contribution < -0.4 is 0 Å². The van der Waals surface area contributed by atoms with Gasteiger partial charge in [-0.3, -0.25) is 0 Å². The second-order valence-corrected chi connectivity index (χ2v) is 10.5. The number of allylic oxidation sites excluding steroid dienone is 3. The van der Waals surface area contributed by atoms with Crippen molar-refractivity contribution in [2.75, 3.05) is 0 Å². The van der Waals surface area contributed by atoms with Gasteiger partial charge in [0.15, 0.2) is 0 Å². The summed E-state index contributed by atoms with van der Waals surface area (Å²) in [5, 5.41) is 30.0. The van der Waals surface area contributed by atoms with Crippen molar-refractivity contribution >= 4 is 0 Å². The third-order valence-electron chi connectivity index (χ3n) is 8.46. The Morgan fingerprint density at radius 3 is 2.81 bits per heavy atom. The van der Waals surface area contributed by atoms with Gasteiger partial charge in [0, 0.05) is 6.42 Å². The van der Waals surface area contributed by atoms with Crippen molar-refractivity contribution in [3.8, 4) is 5.75 Å². The molecule has 3 saturated carbocycles. The number of rotatable bonds is 4. The van der Waals surface area contributed by atoms with Crippen LogP contribution in [-0.2, 0) is 6.42 Å². The van der Waals surface area contributed by atoms with Crippen molar-refractivity contribution in [1.29, 1.82) is 0 Å². The van der Waals surface area contributed by atoms with Crippen LogP contribution in [0.5, 0.6) is 5.75 Å². The van der Waals surface area contributed by atoms with Gasteiger partial charge in [-0.25, -0.2) is 0 Å². The second kappa shape index (κ2) is 8.96. The highest BCUT2D eigenvalue weighted by atomic mass is 16.3. The van der Waals surface area contributed by atoms with Gasteiger partial charge in [-0.05, 0) is 97.0 Å². The number of aliphatic hydroxyl groups excluding tert-OH is 2. The van der Waals surface area contributed by atoms with E-state index in [0.717, 1.165) is 24.0 Å². The summed E-state index contributed by atoms with van der Waals surface area (Å²) in [6.07, 6.45) is 11.5. The van der Waals surface area contributed by atoms with E-state index in [-0.39, 0.29) is 0 Å². The molecule has 3 nitrogen and oxygen atoms in total. The number of aliphatic hydroxyl groups is 2. The average Bonchev–Trinajstić information content (AvgIpc) is 3.07. The smallest absolute Gasteiger partial charge is 0.115 e. The SMILES string of the molecule is C=C1/C(=C\C=C2/CCC[C@]3(C)[C@@H]([C@H](C)Cc4cccc(O)c4)CC[C@@H]23)C[C@@H](O)C[C@@H]1O. The quantitative estimate of drug-likeness (QED) is 0.582. The third-order valence-corrected chi connectivity index (χ3v) is 8.46. The molecule has 0 saturated heterocycles. The summed E-state index contributed by atoms with van der Waals surface area (Å²) in [6.45, 7) is 8.95. The maximum atomic E-state index is 10.1. The Balaban J connectivity index is 1.51. The number of phenolic OH excluding ortho intramolecular Hbond substituents is 1. The highest BCUT2D eigenvalue weighted by molar-refractivity contribution is 5.38. The van der Waals surface area contributed by atoms with E-state index in [9.17, 15) is 15.3 Å². The molecule has 0 bridgehead atoms. The van der Waals surface area contributed by atoms with E-state index < -0.39 is 12.2 Å². The summed E-state index contributed by atoms with van der Waals surface area (Å²) in [4.78, 5) is 0. The molecule has 0 aromatic heterocycles. The fourth-order valence-electron chi connectivity index (χ4n) is 6.88. The topological polar surface area (TPSA) is 60.7 Å². The van der Waals surface area contributed by atoms with E-state index in [1.807, 2.05) is 12.1 Å². The molecular formula is C28H38O3. The molecule has 0 radical (unpaired) electrons. The standard InChI is InChI=1S/C28H38O3/c1-18(14-20-6-4-8-23(29)15-20)25-11-12-26-21(7-5-13-28(25,26)3)9-10-22-16-24(30)17-27(31)19(22)2/h4,6,8-10,15,18,24-27,29-31H,2,5,7,11-14,16-17H2,1,3H3/b21-9+,22-10-/t18-,24-,25-,26+,27+,28-/m1/s1. The Morgan fingerprint density at radius 2 is 2.03 bits per heavy atom. The van der Waals surface area contributed by atoms with Gasteiger partial charge in [0.25, 0.3) is 0 Å². The van der Waals surface area contributed by atoms with Crippen LogP contribution in [0.1, 0.15) is 64.4 Å². The van der Waals surface area contributed by atoms with Crippen LogP contribution in [0.3, 0.4) is 0 Å². The van der Waals surface area contributed by atoms with E-state index in [4.69, 9.17) is 0 Å². The van der Waals surface area contributed by atoms with Crippen LogP contribution >= 0.6 is 0 Å². The first-order valence-corrected chi connectivity index (χ1v) is 12.0. The van der Waals surface area contributed by atoms with Gasteiger partial charge in [0.05, 0.1) is 12.2 Å². The van der Waals surface area contributed by atoms with Crippen molar-refractivity contribution < 1.29 is 15.3 Å². The minimum Gasteiger partial charge on any atom is -0.508 e. The Bertz CT molecular complexity index is 882. The number of phenols is 1. The van der Waals surface area contributed by atoms with Gasteiger partial charge in [-0.2, -0.15) is 0 Å². The maximum absolute atomic E-state index is 10.1. The van der Waals surface area contributed by atoms with Crippen molar-refractivity contribution in [3.63, 3.8) is 0 Å². The summed E-state index contributed by atoms with van der Waals surface area (Å²) in [5.41, 5.74) is 4.85. The Kier molecular flexibility index (Phi) is 6.46. The summed E-state index contributed by atoms with van der Waals surface area (Å²) >= 11 is 0. The van der Waals surface area contributed by atoms with Crippen LogP contribution in [0.4, 0.5) is 0 Å². The van der Waals surface area contributed by atoms with Gasteiger partial charge in [0.1, 0.15) is 5.75 Å². The van der Waals surface area contributed by atoms with Crippen molar-refractivity contribution in [1.82, 2.24) is 0 Å². The molecule has 4 rings (SSSR count). The predicted molar refractivity (Wildman–Crippen MR) is 126 cm³/mol. The molecular weight excluding hydrogens is 384 g/mol. The van der Waals surface area contributed by atoms with E-state index in [1.54, 1.807) is 6.07 Å². The average molecular weight is 423 g/mol. The number of hydrogen-bond donors (Lipinski definition) is 3. The highest BCUT2D eigenvalue weighted by Gasteiger charge is 2.50. The number of hydrogen-bond acceptors (Lipinski definition) is 3. The number of fused-ring (bicyclic) bond motifs is 1. The lowest BCUT2D eigenvalue weighted by Gasteiger charge is -2.44. The summed E-state index contributed by atoms with van der Waals surface area (Å²) < 4.78 is 0. The van der Waals surface area contributed by atoms with Crippen molar-refractivity contribution in [2.24, 2.45) is 23.2 Å². The molecule has 1 aromatic rings. The molecule has 3 aliphatic rings. The molecule has 0 unspecified atom stereocenters. The van der Waals surface area contributed by atoms with Gasteiger partial charge in [0.2, 0.25) is 0 Å². The van der Waals surface area contributed by atoms with Gasteiger partial charge in [-0.15, -0.1) is 0 Å². The molecule has 168 valence electrons. The van der Waals surface area contributed by atoms with Crippen molar-refractivity contribution in [2.45, 2.75) is 77.4 Å². The fraction of sp³-hybridized carbons (Fsp3) is 0.571. The Hall–Kier alpha value is -1.84. The normalized spacial score (nSPS) is 37.2. The molecule has 1 aromatic carbocycles. The largest absolute Gasteiger partial charge is 0.508 e. The third kappa shape index (κ3) is 4.54. The molecule has 3 aliphatic carbocycles. The zero-order valence-electron chi connectivity index (χ0n) is 19.1. The van der Waals surface area contributed by atoms with Gasteiger partial charge < -0.3 is 15.3 Å². The molecule has 0 aliphatic heterocycles. The molecule has 3 fully saturated rings. The van der Waals surface area contributed by atoms with E-state index in [0.29, 0.717) is 41.8 Å². The van der Waals surface area contributed by atoms with E-state index in [2.05, 4.69) is 38.6 Å². The molecule has 6 atom stereocenters. The minimum atomic E-state index is -0.626. The Labute approximate surface area is 187 Å². The van der Waals surface area contributed by atoms with E-state index >= 15 is 0 Å². The number of benzene rings is 1. The molecule has 3 N–H and O–H groups in total. The molecule has 3 heteroatoms. The maximum Gasteiger partial charge on any atom is 0.115 e. The monoisotopic (exact) mass is 422 g/mol. The van der Waals surface area contributed by atoms with Gasteiger partial charge >= 0.3 is 0 Å². The lowest BCUT2D eigenvalue weighted by Crippen LogP contribution is -2.36. The summed E-state index contributed by atoms with van der Waals surface area (Å²) in [6, 6.07) is 7.72. The summed E-state index contributed by atoms with van der Waals surface area (Å²) in [5.74, 6) is 2.24. The molecule has 0 heterocycles. The van der Waals surface area contributed by atoms with Crippen LogP contribution in [0.25, 0.3) is 0 Å². The Morgan fingerprint density at radius 1 is 1.23 bits per heavy atom. The first kappa shape index (κ1) is 22.4. The predicted octanol–water partition coefficient (Wildman–Crippen LogP) is 5.71. The highest BCUT2D eigenvalue weighted by Crippen LogP contribution is 2.59.